The van der Waals surface area contributed by atoms with Crippen molar-refractivity contribution in [1.82, 2.24) is 9.97 Å². The van der Waals surface area contributed by atoms with E-state index < -0.39 is 0 Å². The molecule has 128 valence electrons. The first kappa shape index (κ1) is 16.6. The summed E-state index contributed by atoms with van der Waals surface area (Å²) >= 11 is 0.137. The van der Waals surface area contributed by atoms with Crippen LogP contribution in [0.1, 0.15) is 52.2 Å². The number of rotatable bonds is 4. The number of piperidine rings is 2. The van der Waals surface area contributed by atoms with Crippen molar-refractivity contribution in [3.05, 3.63) is 21.3 Å². The molecule has 2 aliphatic heterocycles. The number of ketones is 1. The number of aromatic nitrogens is 2. The van der Waals surface area contributed by atoms with E-state index in [1.54, 1.807) is 0 Å². The van der Waals surface area contributed by atoms with Crippen molar-refractivity contribution in [1.29, 1.82) is 0 Å². The fourth-order valence-electron chi connectivity index (χ4n) is 3.32. The first-order chi connectivity index (χ1) is 11.8. The molecule has 0 bridgehead atoms. The molecule has 0 aliphatic carbocycles. The fraction of sp³-hybridized carbons (Fsp3) is 0.588. The normalized spacial score (nSPS) is 18.8. The molecule has 0 aromatic carbocycles. The standard InChI is InChI=1S/C17H22N4OSe2/c22-15(13-11-18-16(23-13)20-7-3-1-4-8-20)14-12-19-17(24-14)21-9-5-2-6-10-21/h11-12H,1-10H2. The number of carbonyl (C=O) groups excluding carboxylic acids is 1. The minimum atomic E-state index is 0.0687. The fourth-order valence-corrected chi connectivity index (χ4v) is 7.52. The van der Waals surface area contributed by atoms with Crippen LogP contribution in [-0.4, -0.2) is 70.9 Å². The molecule has 4 rings (SSSR count). The van der Waals surface area contributed by atoms with Crippen molar-refractivity contribution < 1.29 is 4.79 Å². The Bertz CT molecular complexity index is 641. The molecule has 2 aliphatic rings. The SMILES string of the molecule is O=C(c1cnc(N2CCCCC2)[se]1)c1cnc(N2CCCCC2)[se]1. The van der Waals surface area contributed by atoms with Gasteiger partial charge in [0.05, 0.1) is 0 Å². The van der Waals surface area contributed by atoms with E-state index in [0.29, 0.717) is 0 Å². The predicted octanol–water partition coefficient (Wildman–Crippen LogP) is 1.80. The summed E-state index contributed by atoms with van der Waals surface area (Å²) in [7, 11) is 0. The molecule has 24 heavy (non-hydrogen) atoms. The Kier molecular flexibility index (Phi) is 5.23. The molecule has 2 fully saturated rings. The van der Waals surface area contributed by atoms with E-state index >= 15 is 0 Å². The summed E-state index contributed by atoms with van der Waals surface area (Å²) in [6.45, 7) is 4.41. The van der Waals surface area contributed by atoms with Crippen molar-refractivity contribution in [2.24, 2.45) is 0 Å². The van der Waals surface area contributed by atoms with Crippen LogP contribution >= 0.6 is 0 Å². The van der Waals surface area contributed by atoms with Gasteiger partial charge in [0.1, 0.15) is 0 Å². The molecule has 4 heterocycles. The van der Waals surface area contributed by atoms with Crippen LogP contribution in [0.25, 0.3) is 0 Å². The molecule has 0 spiro atoms. The summed E-state index contributed by atoms with van der Waals surface area (Å²) in [5.74, 6) is 0.196. The van der Waals surface area contributed by atoms with Crippen LogP contribution in [0, 0.1) is 0 Å². The number of nitrogens with zero attached hydrogens (tertiary/aromatic N) is 4. The van der Waals surface area contributed by atoms with Gasteiger partial charge >= 0.3 is 155 Å². The second-order valence-electron chi connectivity index (χ2n) is 6.44. The summed E-state index contributed by atoms with van der Waals surface area (Å²) in [5, 5.41) is 0. The number of hydrogen-bond acceptors (Lipinski definition) is 5. The van der Waals surface area contributed by atoms with Crippen molar-refractivity contribution in [2.75, 3.05) is 36.0 Å². The van der Waals surface area contributed by atoms with Crippen LogP contribution in [0.2, 0.25) is 0 Å². The van der Waals surface area contributed by atoms with Gasteiger partial charge in [-0.1, -0.05) is 0 Å². The third-order valence-corrected chi connectivity index (χ3v) is 9.12. The van der Waals surface area contributed by atoms with E-state index in [0.717, 1.165) is 44.4 Å². The van der Waals surface area contributed by atoms with Gasteiger partial charge in [-0.2, -0.15) is 0 Å². The van der Waals surface area contributed by atoms with Gasteiger partial charge in [0.2, 0.25) is 0 Å². The van der Waals surface area contributed by atoms with Crippen LogP contribution in [0.3, 0.4) is 0 Å². The zero-order valence-electron chi connectivity index (χ0n) is 13.7. The van der Waals surface area contributed by atoms with Crippen LogP contribution < -0.4 is 9.80 Å². The van der Waals surface area contributed by atoms with Crippen molar-refractivity contribution in [2.45, 2.75) is 38.5 Å². The molecular formula is C17H22N4OSe2. The third kappa shape index (κ3) is 3.55. The van der Waals surface area contributed by atoms with Gasteiger partial charge in [-0.15, -0.1) is 0 Å². The third-order valence-electron chi connectivity index (χ3n) is 4.69. The summed E-state index contributed by atoms with van der Waals surface area (Å²) in [4.78, 5) is 26.7. The Morgan fingerprint density at radius 2 is 1.17 bits per heavy atom. The van der Waals surface area contributed by atoms with Gasteiger partial charge < -0.3 is 0 Å². The van der Waals surface area contributed by atoms with E-state index in [1.807, 2.05) is 12.4 Å². The predicted molar refractivity (Wildman–Crippen MR) is 97.9 cm³/mol. The number of hydrogen-bond donors (Lipinski definition) is 0. The van der Waals surface area contributed by atoms with Crippen LogP contribution in [-0.2, 0) is 0 Å². The van der Waals surface area contributed by atoms with E-state index in [-0.39, 0.29) is 34.8 Å². The van der Waals surface area contributed by atoms with E-state index in [1.165, 1.54) is 38.5 Å². The molecule has 2 saturated heterocycles. The van der Waals surface area contributed by atoms with Crippen molar-refractivity contribution in [3.63, 3.8) is 0 Å². The molecule has 0 saturated carbocycles. The Labute approximate surface area is 154 Å². The molecule has 0 unspecified atom stereocenters. The summed E-state index contributed by atoms with van der Waals surface area (Å²) < 4.78 is 4.11. The second kappa shape index (κ2) is 7.57. The average Bonchev–Trinajstić information content (AvgIpc) is 3.33. The Hall–Kier alpha value is -0.871. The van der Waals surface area contributed by atoms with E-state index in [9.17, 15) is 4.79 Å². The van der Waals surface area contributed by atoms with Crippen LogP contribution in [0.15, 0.2) is 12.4 Å². The van der Waals surface area contributed by atoms with E-state index in [4.69, 9.17) is 0 Å². The van der Waals surface area contributed by atoms with Gasteiger partial charge in [-0.3, -0.25) is 0 Å². The van der Waals surface area contributed by atoms with Crippen molar-refractivity contribution >= 4 is 44.2 Å². The van der Waals surface area contributed by atoms with Gasteiger partial charge in [-0.25, -0.2) is 0 Å². The molecule has 0 N–H and O–H groups in total. The molecule has 0 atom stereocenters. The number of carbonyl (C=O) groups is 1. The van der Waals surface area contributed by atoms with Crippen LogP contribution in [0.5, 0.6) is 0 Å². The molecule has 7 heteroatoms. The molecule has 0 amide bonds. The van der Waals surface area contributed by atoms with E-state index in [2.05, 4.69) is 19.8 Å². The van der Waals surface area contributed by atoms with Crippen molar-refractivity contribution in [3.8, 4) is 0 Å². The maximum atomic E-state index is 12.8. The Morgan fingerprint density at radius 1 is 0.750 bits per heavy atom. The summed E-state index contributed by atoms with van der Waals surface area (Å²) in [6, 6.07) is 0. The zero-order chi connectivity index (χ0) is 16.4. The molecular weight excluding hydrogens is 434 g/mol. The van der Waals surface area contributed by atoms with Gasteiger partial charge in [0.15, 0.2) is 0 Å². The molecule has 5 nitrogen and oxygen atoms in total. The first-order valence-corrected chi connectivity index (χ1v) is 12.2. The first-order valence-electron chi connectivity index (χ1n) is 8.77. The Morgan fingerprint density at radius 3 is 1.58 bits per heavy atom. The molecule has 2 aromatic rings. The monoisotopic (exact) mass is 458 g/mol. The number of anilines is 2. The molecule has 0 radical (unpaired) electrons. The van der Waals surface area contributed by atoms with Gasteiger partial charge in [0.25, 0.3) is 0 Å². The summed E-state index contributed by atoms with van der Waals surface area (Å²) in [5.41, 5.74) is 0. The molecule has 2 aromatic heterocycles. The van der Waals surface area contributed by atoms with Gasteiger partial charge in [0, 0.05) is 0 Å². The topological polar surface area (TPSA) is 49.3 Å². The second-order valence-corrected chi connectivity index (χ2v) is 10.7. The quantitative estimate of drug-likeness (QED) is 0.519. The summed E-state index contributed by atoms with van der Waals surface area (Å²) in [6.07, 6.45) is 11.3. The van der Waals surface area contributed by atoms with Gasteiger partial charge in [-0.05, 0) is 0 Å². The zero-order valence-corrected chi connectivity index (χ0v) is 17.2. The maximum absolute atomic E-state index is 12.8. The Balaban J connectivity index is 1.47. The minimum absolute atomic E-state index is 0.0687. The van der Waals surface area contributed by atoms with Crippen LogP contribution in [0.4, 0.5) is 9.38 Å². The average molecular weight is 456 g/mol.